The minimum Gasteiger partial charge on any atom is -0.454 e. The summed E-state index contributed by atoms with van der Waals surface area (Å²) in [4.78, 5) is 16.9. The monoisotopic (exact) mass is 473 g/mol. The van der Waals surface area contributed by atoms with Crippen molar-refractivity contribution in [2.45, 2.75) is 30.4 Å². The molecule has 3 heterocycles. The lowest BCUT2D eigenvalue weighted by molar-refractivity contribution is -0.120. The number of aromatic nitrogens is 4. The van der Waals surface area contributed by atoms with Crippen molar-refractivity contribution in [1.29, 1.82) is 0 Å². The molecule has 9 heteroatoms. The largest absolute Gasteiger partial charge is 0.454 e. The van der Waals surface area contributed by atoms with Gasteiger partial charge < -0.3 is 14.8 Å². The first-order valence-electron chi connectivity index (χ1n) is 10.9. The Balaban J connectivity index is 1.30. The third-order valence-corrected chi connectivity index (χ3v) is 6.47. The molecule has 172 valence electrons. The van der Waals surface area contributed by atoms with Crippen LogP contribution in [0.5, 0.6) is 11.5 Å². The normalized spacial score (nSPS) is 13.0. The molecule has 1 N–H and O–H groups in total. The Labute approximate surface area is 201 Å². The van der Waals surface area contributed by atoms with Crippen molar-refractivity contribution in [3.05, 3.63) is 84.2 Å². The summed E-state index contributed by atoms with van der Waals surface area (Å²) in [6.45, 7) is 3.09. The van der Waals surface area contributed by atoms with Gasteiger partial charge in [-0.05, 0) is 42.3 Å². The molecule has 0 spiro atoms. The van der Waals surface area contributed by atoms with Crippen molar-refractivity contribution in [3.63, 3.8) is 0 Å². The Bertz CT molecular complexity index is 1280. The lowest BCUT2D eigenvalue weighted by atomic mass is 10.2. The van der Waals surface area contributed by atoms with Crippen LogP contribution in [-0.2, 0) is 17.9 Å². The van der Waals surface area contributed by atoms with Gasteiger partial charge in [-0.25, -0.2) is 0 Å². The van der Waals surface area contributed by atoms with E-state index in [2.05, 4.69) is 32.6 Å². The molecule has 5 rings (SSSR count). The summed E-state index contributed by atoms with van der Waals surface area (Å²) in [7, 11) is 0. The van der Waals surface area contributed by atoms with Crippen LogP contribution in [0.4, 0.5) is 0 Å². The second kappa shape index (κ2) is 9.96. The Kier molecular flexibility index (Phi) is 6.44. The Hall–Kier alpha value is -3.85. The van der Waals surface area contributed by atoms with Gasteiger partial charge in [0.1, 0.15) is 0 Å². The van der Waals surface area contributed by atoms with E-state index in [1.165, 1.54) is 11.8 Å². The van der Waals surface area contributed by atoms with Crippen LogP contribution in [-0.4, -0.2) is 37.7 Å². The number of thioether (sulfide) groups is 1. The molecule has 4 aromatic rings. The van der Waals surface area contributed by atoms with Crippen LogP contribution in [0.25, 0.3) is 11.4 Å². The SMILES string of the molecule is CC(Sc1nnc(-c2ccncc2)n1Cc1ccccc1)C(=O)NCc1ccc2c(c1)OCO2. The molecule has 0 fully saturated rings. The number of carbonyl (C=O) groups is 1. The van der Waals surface area contributed by atoms with E-state index >= 15 is 0 Å². The summed E-state index contributed by atoms with van der Waals surface area (Å²) in [6.07, 6.45) is 3.46. The van der Waals surface area contributed by atoms with Crippen molar-refractivity contribution in [1.82, 2.24) is 25.1 Å². The van der Waals surface area contributed by atoms with E-state index in [1.807, 2.05) is 60.0 Å². The molecule has 0 saturated carbocycles. The quantitative estimate of drug-likeness (QED) is 0.388. The first-order valence-corrected chi connectivity index (χ1v) is 11.8. The average molecular weight is 474 g/mol. The van der Waals surface area contributed by atoms with Crippen LogP contribution in [0.2, 0.25) is 0 Å². The molecule has 0 saturated heterocycles. The van der Waals surface area contributed by atoms with Crippen molar-refractivity contribution < 1.29 is 14.3 Å². The van der Waals surface area contributed by atoms with Crippen LogP contribution in [0, 0.1) is 0 Å². The number of pyridine rings is 1. The van der Waals surface area contributed by atoms with Gasteiger partial charge >= 0.3 is 0 Å². The van der Waals surface area contributed by atoms with E-state index in [1.54, 1.807) is 12.4 Å². The summed E-state index contributed by atoms with van der Waals surface area (Å²) in [5.74, 6) is 2.08. The van der Waals surface area contributed by atoms with E-state index in [-0.39, 0.29) is 18.0 Å². The number of ether oxygens (including phenoxy) is 2. The molecule has 0 radical (unpaired) electrons. The van der Waals surface area contributed by atoms with E-state index in [0.29, 0.717) is 24.0 Å². The molecule has 1 amide bonds. The zero-order chi connectivity index (χ0) is 23.3. The van der Waals surface area contributed by atoms with Gasteiger partial charge in [0.25, 0.3) is 0 Å². The maximum absolute atomic E-state index is 12.8. The number of amides is 1. The van der Waals surface area contributed by atoms with Crippen LogP contribution < -0.4 is 14.8 Å². The van der Waals surface area contributed by atoms with Crippen LogP contribution in [0.15, 0.2) is 78.2 Å². The lowest BCUT2D eigenvalue weighted by Gasteiger charge is -2.14. The highest BCUT2D eigenvalue weighted by Crippen LogP contribution is 2.32. The summed E-state index contributed by atoms with van der Waals surface area (Å²) >= 11 is 1.39. The molecule has 1 unspecified atom stereocenters. The highest BCUT2D eigenvalue weighted by molar-refractivity contribution is 8.00. The molecule has 1 atom stereocenters. The van der Waals surface area contributed by atoms with Gasteiger partial charge in [0.2, 0.25) is 12.7 Å². The van der Waals surface area contributed by atoms with Gasteiger partial charge in [-0.2, -0.15) is 0 Å². The maximum Gasteiger partial charge on any atom is 0.233 e. The highest BCUT2D eigenvalue weighted by atomic mass is 32.2. The molecule has 0 aliphatic carbocycles. The van der Waals surface area contributed by atoms with Crippen molar-refractivity contribution in [2.24, 2.45) is 0 Å². The summed E-state index contributed by atoms with van der Waals surface area (Å²) in [5, 5.41) is 12.2. The standard InChI is InChI=1S/C25H23N5O3S/c1-17(24(31)27-14-19-7-8-21-22(13-19)33-16-32-21)34-25-29-28-23(20-9-11-26-12-10-20)30(25)15-18-5-3-2-4-6-18/h2-13,17H,14-16H2,1H3,(H,27,31). The van der Waals surface area contributed by atoms with E-state index in [4.69, 9.17) is 9.47 Å². The fourth-order valence-corrected chi connectivity index (χ4v) is 4.47. The smallest absolute Gasteiger partial charge is 0.233 e. The van der Waals surface area contributed by atoms with Gasteiger partial charge in [-0.1, -0.05) is 48.2 Å². The van der Waals surface area contributed by atoms with Crippen molar-refractivity contribution in [2.75, 3.05) is 6.79 Å². The topological polar surface area (TPSA) is 91.2 Å². The molecule has 34 heavy (non-hydrogen) atoms. The number of hydrogen-bond acceptors (Lipinski definition) is 7. The van der Waals surface area contributed by atoms with Gasteiger partial charge in [-0.3, -0.25) is 14.3 Å². The zero-order valence-electron chi connectivity index (χ0n) is 18.5. The van der Waals surface area contributed by atoms with Crippen molar-refractivity contribution in [3.8, 4) is 22.9 Å². The molecule has 8 nitrogen and oxygen atoms in total. The van der Waals surface area contributed by atoms with Gasteiger partial charge in [0.05, 0.1) is 11.8 Å². The molecule has 2 aromatic carbocycles. The number of benzene rings is 2. The van der Waals surface area contributed by atoms with Crippen LogP contribution in [0.1, 0.15) is 18.1 Å². The number of fused-ring (bicyclic) bond motifs is 1. The van der Waals surface area contributed by atoms with Gasteiger partial charge in [0.15, 0.2) is 22.5 Å². The lowest BCUT2D eigenvalue weighted by Crippen LogP contribution is -2.30. The predicted octanol–water partition coefficient (Wildman–Crippen LogP) is 3.91. The minimum absolute atomic E-state index is 0.0811. The first-order chi connectivity index (χ1) is 16.7. The van der Waals surface area contributed by atoms with E-state index in [0.717, 1.165) is 28.3 Å². The molecular formula is C25H23N5O3S. The highest BCUT2D eigenvalue weighted by Gasteiger charge is 2.21. The first kappa shape index (κ1) is 22.0. The van der Waals surface area contributed by atoms with Crippen molar-refractivity contribution >= 4 is 17.7 Å². The van der Waals surface area contributed by atoms with Gasteiger partial charge in [-0.15, -0.1) is 10.2 Å². The van der Waals surface area contributed by atoms with Gasteiger partial charge in [0, 0.05) is 24.5 Å². The third-order valence-electron chi connectivity index (χ3n) is 5.39. The molecule has 2 aromatic heterocycles. The summed E-state index contributed by atoms with van der Waals surface area (Å²) < 4.78 is 12.8. The molecule has 1 aliphatic heterocycles. The Morgan fingerprint density at radius 2 is 1.82 bits per heavy atom. The molecule has 0 bridgehead atoms. The fraction of sp³-hybridized carbons (Fsp3) is 0.200. The second-order valence-electron chi connectivity index (χ2n) is 7.78. The number of nitrogens with one attached hydrogen (secondary N) is 1. The van der Waals surface area contributed by atoms with Crippen LogP contribution in [0.3, 0.4) is 0 Å². The number of rotatable bonds is 8. The second-order valence-corrected chi connectivity index (χ2v) is 9.09. The summed E-state index contributed by atoms with van der Waals surface area (Å²) in [6, 6.07) is 19.6. The predicted molar refractivity (Wildman–Crippen MR) is 129 cm³/mol. The van der Waals surface area contributed by atoms with E-state index in [9.17, 15) is 4.79 Å². The summed E-state index contributed by atoms with van der Waals surface area (Å²) in [5.41, 5.74) is 2.99. The molecular weight excluding hydrogens is 450 g/mol. The third kappa shape index (κ3) is 4.89. The average Bonchev–Trinajstić information content (AvgIpc) is 3.50. The Morgan fingerprint density at radius 3 is 2.65 bits per heavy atom. The number of hydrogen-bond donors (Lipinski definition) is 1. The Morgan fingerprint density at radius 1 is 1.03 bits per heavy atom. The number of nitrogens with zero attached hydrogens (tertiary/aromatic N) is 4. The fourth-order valence-electron chi connectivity index (χ4n) is 3.59. The number of carbonyl (C=O) groups excluding carboxylic acids is 1. The minimum atomic E-state index is -0.363. The maximum atomic E-state index is 12.8. The van der Waals surface area contributed by atoms with E-state index < -0.39 is 0 Å². The zero-order valence-corrected chi connectivity index (χ0v) is 19.4. The molecule has 1 aliphatic rings. The van der Waals surface area contributed by atoms with Crippen LogP contribution >= 0.6 is 11.8 Å².